The number of fused-ring (bicyclic) bond motifs is 2. The maximum Gasteiger partial charge on any atom is 0.166 e. The first-order chi connectivity index (χ1) is 10.9. The number of quaternary nitrogens is 1. The summed E-state index contributed by atoms with van der Waals surface area (Å²) in [7, 11) is 6.09. The molecule has 0 bridgehead atoms. The molecule has 0 amide bonds. The Bertz CT molecular complexity index is 811. The first-order valence-electron chi connectivity index (χ1n) is 8.00. The minimum atomic E-state index is 0.185. The highest BCUT2D eigenvalue weighted by Crippen LogP contribution is 2.53. The van der Waals surface area contributed by atoms with E-state index in [9.17, 15) is 10.2 Å². The second-order valence-corrected chi connectivity index (χ2v) is 7.19. The van der Waals surface area contributed by atoms with Crippen LogP contribution in [0.5, 0.6) is 17.2 Å². The summed E-state index contributed by atoms with van der Waals surface area (Å²) < 4.78 is 6.30. The lowest BCUT2D eigenvalue weighted by molar-refractivity contribution is -0.923. The summed E-state index contributed by atoms with van der Waals surface area (Å²) in [4.78, 5) is 0. The lowest BCUT2D eigenvalue weighted by Crippen LogP contribution is -2.49. The molecule has 2 aliphatic rings. The number of phenols is 2. The number of nitrogens with zero attached hydrogens (tertiary/aromatic N) is 1. The van der Waals surface area contributed by atoms with Crippen LogP contribution in [0, 0.1) is 0 Å². The fourth-order valence-corrected chi connectivity index (χ4v) is 4.18. The fourth-order valence-electron chi connectivity index (χ4n) is 4.18. The molecule has 4 nitrogen and oxygen atoms in total. The van der Waals surface area contributed by atoms with Crippen LogP contribution in [0.4, 0.5) is 0 Å². The Kier molecular flexibility index (Phi) is 2.91. The van der Waals surface area contributed by atoms with Crippen molar-refractivity contribution in [1.29, 1.82) is 0 Å². The molecule has 2 N–H and O–H groups in total. The SMILES string of the molecule is COc1cc2c3c(c1O)-c1cc(O)ccc1C[C@@H]3[N+](C)(C)CC2. The summed E-state index contributed by atoms with van der Waals surface area (Å²) >= 11 is 0. The minimum absolute atomic E-state index is 0.185. The summed E-state index contributed by atoms with van der Waals surface area (Å²) in [5, 5.41) is 20.7. The highest BCUT2D eigenvalue weighted by molar-refractivity contribution is 5.83. The number of hydrogen-bond donors (Lipinski definition) is 2. The van der Waals surface area contributed by atoms with Crippen LogP contribution in [-0.4, -0.2) is 42.4 Å². The molecule has 1 atom stereocenters. The van der Waals surface area contributed by atoms with Gasteiger partial charge in [0.25, 0.3) is 0 Å². The van der Waals surface area contributed by atoms with Crippen LogP contribution in [-0.2, 0) is 12.8 Å². The second kappa shape index (κ2) is 4.65. The first kappa shape index (κ1) is 14.4. The molecule has 0 spiro atoms. The molecular weight excluding hydrogens is 290 g/mol. The predicted octanol–water partition coefficient (Wildman–Crippen LogP) is 3.00. The predicted molar refractivity (Wildman–Crippen MR) is 88.9 cm³/mol. The van der Waals surface area contributed by atoms with Crippen LogP contribution in [0.25, 0.3) is 11.1 Å². The number of rotatable bonds is 1. The molecule has 23 heavy (non-hydrogen) atoms. The van der Waals surface area contributed by atoms with Gasteiger partial charge in [0.05, 0.1) is 27.7 Å². The molecule has 0 fully saturated rings. The summed E-state index contributed by atoms with van der Waals surface area (Å²) in [6.45, 7) is 1.07. The minimum Gasteiger partial charge on any atom is -0.508 e. The number of hydrogen-bond acceptors (Lipinski definition) is 3. The molecule has 0 saturated carbocycles. The third-order valence-corrected chi connectivity index (χ3v) is 5.52. The Labute approximate surface area is 136 Å². The molecule has 1 aliphatic carbocycles. The van der Waals surface area contributed by atoms with Gasteiger partial charge in [0.15, 0.2) is 11.5 Å². The van der Waals surface area contributed by atoms with Crippen molar-refractivity contribution in [3.8, 4) is 28.4 Å². The van der Waals surface area contributed by atoms with Crippen LogP contribution >= 0.6 is 0 Å². The van der Waals surface area contributed by atoms with E-state index in [-0.39, 0.29) is 11.5 Å². The van der Waals surface area contributed by atoms with Gasteiger partial charge < -0.3 is 19.4 Å². The molecule has 4 rings (SSSR count). The molecular formula is C19H22NO3+. The van der Waals surface area contributed by atoms with Crippen molar-refractivity contribution in [3.63, 3.8) is 0 Å². The molecule has 4 heteroatoms. The average Bonchev–Trinajstić information content (AvgIpc) is 2.52. The van der Waals surface area contributed by atoms with Crippen molar-refractivity contribution in [2.24, 2.45) is 0 Å². The highest BCUT2D eigenvalue weighted by Gasteiger charge is 2.42. The monoisotopic (exact) mass is 312 g/mol. The number of phenolic OH excluding ortho intramolecular Hbond substituents is 2. The van der Waals surface area contributed by atoms with E-state index >= 15 is 0 Å². The van der Waals surface area contributed by atoms with Crippen molar-refractivity contribution < 1.29 is 19.4 Å². The van der Waals surface area contributed by atoms with Gasteiger partial charge >= 0.3 is 0 Å². The Balaban J connectivity index is 2.09. The third kappa shape index (κ3) is 1.94. The molecule has 2 aromatic carbocycles. The van der Waals surface area contributed by atoms with Crippen molar-refractivity contribution in [3.05, 3.63) is 41.0 Å². The molecule has 2 aromatic rings. The van der Waals surface area contributed by atoms with E-state index in [1.807, 2.05) is 12.1 Å². The molecule has 1 heterocycles. The van der Waals surface area contributed by atoms with Crippen LogP contribution < -0.4 is 4.74 Å². The van der Waals surface area contributed by atoms with E-state index in [1.165, 1.54) is 16.7 Å². The van der Waals surface area contributed by atoms with Gasteiger partial charge in [-0.05, 0) is 34.9 Å². The number of aromatic hydroxyl groups is 2. The van der Waals surface area contributed by atoms with Gasteiger partial charge in [-0.25, -0.2) is 0 Å². The Morgan fingerprint density at radius 1 is 1.13 bits per heavy atom. The van der Waals surface area contributed by atoms with Gasteiger partial charge in [0.1, 0.15) is 11.8 Å². The number of methoxy groups -OCH3 is 1. The van der Waals surface area contributed by atoms with Gasteiger partial charge in [-0.1, -0.05) is 6.07 Å². The van der Waals surface area contributed by atoms with Crippen LogP contribution in [0.1, 0.15) is 22.7 Å². The maximum atomic E-state index is 10.8. The third-order valence-electron chi connectivity index (χ3n) is 5.52. The lowest BCUT2D eigenvalue weighted by Gasteiger charge is -2.46. The van der Waals surface area contributed by atoms with E-state index in [2.05, 4.69) is 14.1 Å². The first-order valence-corrected chi connectivity index (χ1v) is 8.00. The van der Waals surface area contributed by atoms with Gasteiger partial charge in [-0.3, -0.25) is 0 Å². The molecule has 0 aromatic heterocycles. The van der Waals surface area contributed by atoms with E-state index in [0.717, 1.165) is 35.0 Å². The van der Waals surface area contributed by atoms with Crippen molar-refractivity contribution in [1.82, 2.24) is 0 Å². The zero-order valence-electron chi connectivity index (χ0n) is 13.8. The van der Waals surface area contributed by atoms with Gasteiger partial charge in [-0.15, -0.1) is 0 Å². The molecule has 0 unspecified atom stereocenters. The number of ether oxygens (including phenoxy) is 1. The van der Waals surface area contributed by atoms with Gasteiger partial charge in [0, 0.05) is 24.0 Å². The Morgan fingerprint density at radius 3 is 2.65 bits per heavy atom. The van der Waals surface area contributed by atoms with Crippen molar-refractivity contribution >= 4 is 0 Å². The van der Waals surface area contributed by atoms with Crippen molar-refractivity contribution in [2.75, 3.05) is 27.7 Å². The van der Waals surface area contributed by atoms with E-state index in [1.54, 1.807) is 19.2 Å². The largest absolute Gasteiger partial charge is 0.508 e. The second-order valence-electron chi connectivity index (χ2n) is 7.19. The molecule has 0 radical (unpaired) electrons. The van der Waals surface area contributed by atoms with E-state index < -0.39 is 0 Å². The molecule has 1 aliphatic heterocycles. The summed E-state index contributed by atoms with van der Waals surface area (Å²) in [5.41, 5.74) is 5.41. The molecule has 120 valence electrons. The maximum absolute atomic E-state index is 10.8. The normalized spacial score (nSPS) is 20.6. The number of likely N-dealkylation sites (N-methyl/N-ethyl adjacent to an activating group) is 1. The highest BCUT2D eigenvalue weighted by atomic mass is 16.5. The van der Waals surface area contributed by atoms with Gasteiger partial charge in [0.2, 0.25) is 0 Å². The molecule has 0 saturated heterocycles. The van der Waals surface area contributed by atoms with Gasteiger partial charge in [-0.2, -0.15) is 0 Å². The van der Waals surface area contributed by atoms with Crippen LogP contribution in [0.3, 0.4) is 0 Å². The summed E-state index contributed by atoms with van der Waals surface area (Å²) in [5.74, 6) is 0.924. The quantitative estimate of drug-likeness (QED) is 0.796. The lowest BCUT2D eigenvalue weighted by atomic mass is 9.75. The number of benzene rings is 2. The Hall–Kier alpha value is -2.20. The summed E-state index contributed by atoms with van der Waals surface area (Å²) in [6.07, 6.45) is 1.89. The fraction of sp³-hybridized carbons (Fsp3) is 0.368. The van der Waals surface area contributed by atoms with Crippen LogP contribution in [0.15, 0.2) is 24.3 Å². The Morgan fingerprint density at radius 2 is 1.91 bits per heavy atom. The zero-order chi connectivity index (χ0) is 16.4. The average molecular weight is 312 g/mol. The smallest absolute Gasteiger partial charge is 0.166 e. The zero-order valence-corrected chi connectivity index (χ0v) is 13.8. The standard InChI is InChI=1S/C19H21NO3/c1-20(2)7-6-12-9-16(23-3)19(22)18-14-10-13(21)5-4-11(14)8-15(20)17(12)18/h4-5,9-10,15H,6-8H2,1-3H3,(H-,21,22)/p+1/t15-/m0/s1. The van der Waals surface area contributed by atoms with Crippen molar-refractivity contribution in [2.45, 2.75) is 18.9 Å². The topological polar surface area (TPSA) is 49.7 Å². The van der Waals surface area contributed by atoms with E-state index in [0.29, 0.717) is 11.8 Å². The van der Waals surface area contributed by atoms with Crippen LogP contribution in [0.2, 0.25) is 0 Å². The summed E-state index contributed by atoms with van der Waals surface area (Å²) in [6, 6.07) is 7.76. The van der Waals surface area contributed by atoms with E-state index in [4.69, 9.17) is 4.74 Å².